The van der Waals surface area contributed by atoms with Crippen molar-refractivity contribution < 1.29 is 4.74 Å². The highest BCUT2D eigenvalue weighted by Gasteiger charge is 2.21. The molecule has 0 N–H and O–H groups in total. The van der Waals surface area contributed by atoms with E-state index in [9.17, 15) is 0 Å². The molecule has 166 valence electrons. The van der Waals surface area contributed by atoms with Gasteiger partial charge in [0.25, 0.3) is 0 Å². The van der Waals surface area contributed by atoms with E-state index in [1.165, 1.54) is 48.4 Å². The number of likely N-dealkylation sites (N-methyl/N-ethyl adjacent to an activating group) is 1. The van der Waals surface area contributed by atoms with Gasteiger partial charge in [0.15, 0.2) is 0 Å². The van der Waals surface area contributed by atoms with Crippen LogP contribution in [0.1, 0.15) is 24.0 Å². The number of rotatable bonds is 7. The van der Waals surface area contributed by atoms with Gasteiger partial charge in [0.05, 0.1) is 5.69 Å². The summed E-state index contributed by atoms with van der Waals surface area (Å²) >= 11 is 0. The lowest BCUT2D eigenvalue weighted by Gasteiger charge is -2.28. The topological polar surface area (TPSA) is 19.0 Å². The second-order valence-corrected chi connectivity index (χ2v) is 8.95. The fraction of sp³-hybridized carbons (Fsp3) is 0.357. The van der Waals surface area contributed by atoms with Crippen molar-refractivity contribution in [3.05, 3.63) is 83.9 Å². The van der Waals surface area contributed by atoms with Crippen LogP contribution < -0.4 is 14.5 Å². The molecular weight excluding hydrogens is 394 g/mol. The molecule has 3 aromatic rings. The molecular formula is C28H33N3O. The molecule has 0 unspecified atom stereocenters. The zero-order valence-electron chi connectivity index (χ0n) is 19.0. The van der Waals surface area contributed by atoms with Crippen molar-refractivity contribution in [2.75, 3.05) is 49.6 Å². The molecule has 0 bridgehead atoms. The maximum Gasteiger partial charge on any atom is 0.143 e. The Bertz CT molecular complexity index is 979. The van der Waals surface area contributed by atoms with E-state index in [0.29, 0.717) is 6.61 Å². The minimum Gasteiger partial charge on any atom is -0.487 e. The molecule has 32 heavy (non-hydrogen) atoms. The van der Waals surface area contributed by atoms with Gasteiger partial charge < -0.3 is 19.4 Å². The molecule has 2 aliphatic heterocycles. The van der Waals surface area contributed by atoms with Crippen LogP contribution in [0.2, 0.25) is 0 Å². The standard InChI is InChI=1S/C28H33N3O/c1-29(19-16-23-12-14-25(15-13-23)30-17-6-7-18-30)20-21-31-26-9-3-2-8-24(26)22-32-28-11-5-4-10-27(28)31/h2-5,8-15H,6-7,16-22H2,1H3. The molecule has 0 atom stereocenters. The summed E-state index contributed by atoms with van der Waals surface area (Å²) in [5.41, 5.74) is 6.44. The van der Waals surface area contributed by atoms with Crippen LogP contribution >= 0.6 is 0 Å². The number of hydrogen-bond donors (Lipinski definition) is 0. The molecule has 4 heteroatoms. The Morgan fingerprint density at radius 2 is 1.53 bits per heavy atom. The second kappa shape index (κ2) is 9.66. The summed E-state index contributed by atoms with van der Waals surface area (Å²) in [7, 11) is 2.23. The summed E-state index contributed by atoms with van der Waals surface area (Å²) in [5.74, 6) is 0.962. The summed E-state index contributed by atoms with van der Waals surface area (Å²) in [4.78, 5) is 7.35. The number of nitrogens with zero attached hydrogens (tertiary/aromatic N) is 3. The van der Waals surface area contributed by atoms with Crippen LogP contribution in [0.5, 0.6) is 5.75 Å². The average Bonchev–Trinajstić information content (AvgIpc) is 3.33. The lowest BCUT2D eigenvalue weighted by molar-refractivity contribution is 0.310. The quantitative estimate of drug-likeness (QED) is 0.496. The summed E-state index contributed by atoms with van der Waals surface area (Å²) in [6.07, 6.45) is 3.72. The first kappa shape index (κ1) is 20.9. The third-order valence-electron chi connectivity index (χ3n) is 6.72. The molecule has 5 rings (SSSR count). The van der Waals surface area contributed by atoms with E-state index in [1.54, 1.807) is 0 Å². The van der Waals surface area contributed by atoms with Crippen molar-refractivity contribution in [3.8, 4) is 5.75 Å². The van der Waals surface area contributed by atoms with Crippen LogP contribution in [0.15, 0.2) is 72.8 Å². The average molecular weight is 428 g/mol. The molecule has 4 nitrogen and oxygen atoms in total. The molecule has 0 radical (unpaired) electrons. The molecule has 0 spiro atoms. The van der Waals surface area contributed by atoms with Gasteiger partial charge >= 0.3 is 0 Å². The highest BCUT2D eigenvalue weighted by molar-refractivity contribution is 5.72. The van der Waals surface area contributed by atoms with Crippen molar-refractivity contribution in [2.24, 2.45) is 0 Å². The van der Waals surface area contributed by atoms with Crippen molar-refractivity contribution in [3.63, 3.8) is 0 Å². The predicted octanol–water partition coefficient (Wildman–Crippen LogP) is 5.49. The third-order valence-corrected chi connectivity index (χ3v) is 6.72. The van der Waals surface area contributed by atoms with E-state index >= 15 is 0 Å². The Hall–Kier alpha value is -2.98. The van der Waals surface area contributed by atoms with E-state index in [2.05, 4.69) is 88.5 Å². The van der Waals surface area contributed by atoms with Crippen molar-refractivity contribution in [1.29, 1.82) is 0 Å². The fourth-order valence-electron chi connectivity index (χ4n) is 4.78. The molecule has 1 fully saturated rings. The van der Waals surface area contributed by atoms with Crippen molar-refractivity contribution in [1.82, 2.24) is 4.90 Å². The van der Waals surface area contributed by atoms with Crippen LogP contribution in [-0.4, -0.2) is 44.7 Å². The number of anilines is 3. The lowest BCUT2D eigenvalue weighted by atomic mass is 10.1. The van der Waals surface area contributed by atoms with Gasteiger partial charge in [-0.15, -0.1) is 0 Å². The molecule has 0 aromatic heterocycles. The first-order valence-corrected chi connectivity index (χ1v) is 11.9. The first-order chi connectivity index (χ1) is 15.8. The van der Waals surface area contributed by atoms with E-state index in [0.717, 1.165) is 37.5 Å². The molecule has 1 saturated heterocycles. The lowest BCUT2D eigenvalue weighted by Crippen LogP contribution is -2.32. The summed E-state index contributed by atoms with van der Waals surface area (Å²) in [5, 5.41) is 0. The van der Waals surface area contributed by atoms with E-state index in [1.807, 2.05) is 6.07 Å². The highest BCUT2D eigenvalue weighted by Crippen LogP contribution is 2.38. The van der Waals surface area contributed by atoms with Gasteiger partial charge in [-0.25, -0.2) is 0 Å². The Labute approximate surface area is 192 Å². The molecule has 0 aliphatic carbocycles. The van der Waals surface area contributed by atoms with Crippen LogP contribution in [0.25, 0.3) is 0 Å². The maximum absolute atomic E-state index is 6.11. The van der Waals surface area contributed by atoms with Gasteiger partial charge in [0.2, 0.25) is 0 Å². The predicted molar refractivity (Wildman–Crippen MR) is 133 cm³/mol. The third kappa shape index (κ3) is 4.61. The Morgan fingerprint density at radius 3 is 2.34 bits per heavy atom. The molecule has 2 aliphatic rings. The molecule has 3 aromatic carbocycles. The molecule has 2 heterocycles. The minimum atomic E-state index is 0.618. The zero-order chi connectivity index (χ0) is 21.8. The van der Waals surface area contributed by atoms with E-state index in [4.69, 9.17) is 4.74 Å². The minimum absolute atomic E-state index is 0.618. The summed E-state index contributed by atoms with van der Waals surface area (Å²) < 4.78 is 6.11. The second-order valence-electron chi connectivity index (χ2n) is 8.95. The van der Waals surface area contributed by atoms with Crippen molar-refractivity contribution >= 4 is 17.1 Å². The van der Waals surface area contributed by atoms with Crippen LogP contribution in [0.3, 0.4) is 0 Å². The van der Waals surface area contributed by atoms with Gasteiger partial charge in [-0.1, -0.05) is 42.5 Å². The summed E-state index contributed by atoms with van der Waals surface area (Å²) in [6.45, 7) is 6.01. The normalized spacial score (nSPS) is 15.3. The monoisotopic (exact) mass is 427 g/mol. The number of fused-ring (bicyclic) bond motifs is 2. The number of ether oxygens (including phenoxy) is 1. The van der Waals surface area contributed by atoms with Crippen LogP contribution in [0, 0.1) is 0 Å². The Kier molecular flexibility index (Phi) is 6.31. The fourth-order valence-corrected chi connectivity index (χ4v) is 4.78. The SMILES string of the molecule is CN(CCc1ccc(N2CCCC2)cc1)CCN1c2ccccc2COc2ccccc21. The van der Waals surface area contributed by atoms with Gasteiger partial charge in [0.1, 0.15) is 12.4 Å². The van der Waals surface area contributed by atoms with Gasteiger partial charge in [-0.3, -0.25) is 0 Å². The zero-order valence-corrected chi connectivity index (χ0v) is 19.0. The van der Waals surface area contributed by atoms with Crippen LogP contribution in [-0.2, 0) is 13.0 Å². The maximum atomic E-state index is 6.11. The molecule has 0 saturated carbocycles. The smallest absolute Gasteiger partial charge is 0.143 e. The Balaban J connectivity index is 1.21. The van der Waals surface area contributed by atoms with Crippen molar-refractivity contribution in [2.45, 2.75) is 25.9 Å². The van der Waals surface area contributed by atoms with Crippen LogP contribution in [0.4, 0.5) is 17.1 Å². The van der Waals surface area contributed by atoms with E-state index < -0.39 is 0 Å². The number of benzene rings is 3. The number of para-hydroxylation sites is 3. The highest BCUT2D eigenvalue weighted by atomic mass is 16.5. The Morgan fingerprint density at radius 1 is 0.812 bits per heavy atom. The largest absolute Gasteiger partial charge is 0.487 e. The molecule has 0 amide bonds. The number of hydrogen-bond acceptors (Lipinski definition) is 4. The first-order valence-electron chi connectivity index (χ1n) is 11.9. The van der Waals surface area contributed by atoms with Gasteiger partial charge in [-0.05, 0) is 62.2 Å². The summed E-state index contributed by atoms with van der Waals surface area (Å²) in [6, 6.07) is 26.2. The van der Waals surface area contributed by atoms with Gasteiger partial charge in [0, 0.05) is 49.7 Å². The van der Waals surface area contributed by atoms with E-state index in [-0.39, 0.29) is 0 Å². The van der Waals surface area contributed by atoms with Gasteiger partial charge in [-0.2, -0.15) is 0 Å².